The van der Waals surface area contributed by atoms with Crippen LogP contribution in [0, 0.1) is 0 Å². The van der Waals surface area contributed by atoms with E-state index in [4.69, 9.17) is 0 Å². The largest absolute Gasteiger partial charge is 0.471 e. The lowest BCUT2D eigenvalue weighted by molar-refractivity contribution is -0.183. The molecule has 0 aliphatic heterocycles. The molecule has 0 radical (unpaired) electrons. The summed E-state index contributed by atoms with van der Waals surface area (Å²) in [5.74, 6) is -3.03. The number of benzene rings is 1. The minimum absolute atomic E-state index is 0.160. The Bertz CT molecular complexity index is 798. The van der Waals surface area contributed by atoms with Crippen LogP contribution in [0.5, 0.6) is 0 Å². The van der Waals surface area contributed by atoms with Crippen LogP contribution < -0.4 is 5.32 Å². The Morgan fingerprint density at radius 3 is 2.62 bits per heavy atom. The molecule has 0 spiro atoms. The van der Waals surface area contributed by atoms with E-state index in [1.54, 1.807) is 24.3 Å². The number of hydrogen-bond donors (Lipinski definition) is 2. The first-order valence-corrected chi connectivity index (χ1v) is 6.58. The molecule has 0 unspecified atom stereocenters. The number of amides is 1. The van der Waals surface area contributed by atoms with Gasteiger partial charge < -0.3 is 15.0 Å². The molecule has 2 rings (SSSR count). The van der Waals surface area contributed by atoms with E-state index in [0.717, 1.165) is 20.4 Å². The highest BCUT2D eigenvalue weighted by molar-refractivity contribution is 5.96. The first-order chi connectivity index (χ1) is 11.3. The number of nitrogens with one attached hydrogen (secondary N) is 2. The number of anilines is 1. The summed E-state index contributed by atoms with van der Waals surface area (Å²) in [4.78, 5) is 23.2. The van der Waals surface area contributed by atoms with Gasteiger partial charge in [-0.25, -0.2) is 4.79 Å². The van der Waals surface area contributed by atoms with E-state index in [1.165, 1.54) is 0 Å². The normalized spacial score (nSPS) is 12.1. The Morgan fingerprint density at radius 1 is 1.33 bits per heavy atom. The fourth-order valence-corrected chi connectivity index (χ4v) is 1.91. The molecular weight excluding hydrogens is 329 g/mol. The molecule has 2 N–H and O–H groups in total. The molecule has 7 nitrogen and oxygen atoms in total. The third kappa shape index (κ3) is 3.47. The zero-order chi connectivity index (χ0) is 17.9. The summed E-state index contributed by atoms with van der Waals surface area (Å²) in [6, 6.07) is 6.98. The fraction of sp³-hybridized carbons (Fsp3) is 0.214. The van der Waals surface area contributed by atoms with Crippen LogP contribution in [0.15, 0.2) is 36.2 Å². The van der Waals surface area contributed by atoms with Gasteiger partial charge in [-0.1, -0.05) is 12.1 Å². The van der Waals surface area contributed by atoms with Gasteiger partial charge in [0.05, 0.1) is 12.6 Å². The zero-order valence-corrected chi connectivity index (χ0v) is 12.6. The van der Waals surface area contributed by atoms with Crippen molar-refractivity contribution >= 4 is 28.6 Å². The number of nitrogens with zero attached hydrogens (tertiary/aromatic N) is 2. The average Bonchev–Trinajstić information content (AvgIpc) is 2.96. The van der Waals surface area contributed by atoms with Crippen LogP contribution in [0.1, 0.15) is 0 Å². The van der Waals surface area contributed by atoms with Crippen molar-refractivity contribution in [3.05, 3.63) is 36.2 Å². The predicted molar refractivity (Wildman–Crippen MR) is 78.6 cm³/mol. The van der Waals surface area contributed by atoms with Crippen LogP contribution in [0.4, 0.5) is 19.0 Å². The number of carbonyl (C=O) groups is 2. The SMILES string of the molecule is COC(=O)/C(=C/Nc1n[nH]c2ccccc12)N(C)C(=O)C(F)(F)F. The predicted octanol–water partition coefficient (Wildman–Crippen LogP) is 2.01. The summed E-state index contributed by atoms with van der Waals surface area (Å²) >= 11 is 0. The van der Waals surface area contributed by atoms with Gasteiger partial charge in [0.15, 0.2) is 5.82 Å². The molecule has 1 aromatic heterocycles. The first kappa shape index (κ1) is 17.3. The first-order valence-electron chi connectivity index (χ1n) is 6.58. The minimum atomic E-state index is -5.12. The molecule has 2 aromatic rings. The summed E-state index contributed by atoms with van der Waals surface area (Å²) in [7, 11) is 1.81. The van der Waals surface area contributed by atoms with E-state index in [0.29, 0.717) is 10.9 Å². The number of rotatable bonds is 4. The van der Waals surface area contributed by atoms with Gasteiger partial charge in [-0.15, -0.1) is 0 Å². The second-order valence-electron chi connectivity index (χ2n) is 4.65. The number of alkyl halides is 3. The topological polar surface area (TPSA) is 87.3 Å². The van der Waals surface area contributed by atoms with Gasteiger partial charge in [0, 0.05) is 18.6 Å². The van der Waals surface area contributed by atoms with Crippen LogP contribution in [-0.2, 0) is 14.3 Å². The molecule has 0 aliphatic rings. The van der Waals surface area contributed by atoms with E-state index in [9.17, 15) is 22.8 Å². The molecule has 0 aliphatic carbocycles. The lowest BCUT2D eigenvalue weighted by Crippen LogP contribution is -2.40. The van der Waals surface area contributed by atoms with E-state index >= 15 is 0 Å². The minimum Gasteiger partial charge on any atom is -0.464 e. The van der Waals surface area contributed by atoms with E-state index in [-0.39, 0.29) is 10.7 Å². The molecule has 1 aromatic carbocycles. The highest BCUT2D eigenvalue weighted by atomic mass is 19.4. The van der Waals surface area contributed by atoms with Gasteiger partial charge in [0.2, 0.25) is 0 Å². The maximum Gasteiger partial charge on any atom is 0.471 e. The summed E-state index contributed by atoms with van der Waals surface area (Å²) in [5.41, 5.74) is 0.0691. The van der Waals surface area contributed by atoms with Crippen molar-refractivity contribution in [2.45, 2.75) is 6.18 Å². The lowest BCUT2D eigenvalue weighted by atomic mass is 10.2. The zero-order valence-electron chi connectivity index (χ0n) is 12.6. The Labute approximate surface area is 134 Å². The van der Waals surface area contributed by atoms with Crippen LogP contribution in [0.2, 0.25) is 0 Å². The molecule has 0 saturated heterocycles. The van der Waals surface area contributed by atoms with Crippen molar-refractivity contribution < 1.29 is 27.5 Å². The quantitative estimate of drug-likeness (QED) is 0.656. The fourth-order valence-electron chi connectivity index (χ4n) is 1.91. The molecule has 10 heteroatoms. The van der Waals surface area contributed by atoms with Crippen LogP contribution in [0.3, 0.4) is 0 Å². The number of ether oxygens (including phenoxy) is 1. The highest BCUT2D eigenvalue weighted by Crippen LogP contribution is 2.22. The number of H-pyrrole nitrogens is 1. The number of fused-ring (bicyclic) bond motifs is 1. The van der Waals surface area contributed by atoms with Crippen LogP contribution in [0.25, 0.3) is 10.9 Å². The second-order valence-corrected chi connectivity index (χ2v) is 4.65. The second kappa shape index (κ2) is 6.60. The van der Waals surface area contributed by atoms with Gasteiger partial charge in [-0.2, -0.15) is 18.3 Å². The summed E-state index contributed by atoms with van der Waals surface area (Å²) < 4.78 is 42.0. The molecule has 0 saturated carbocycles. The Balaban J connectivity index is 2.32. The number of aromatic nitrogens is 2. The van der Waals surface area contributed by atoms with Gasteiger partial charge in [0.25, 0.3) is 0 Å². The van der Waals surface area contributed by atoms with E-state index in [2.05, 4.69) is 20.3 Å². The lowest BCUT2D eigenvalue weighted by Gasteiger charge is -2.20. The Kier molecular flexibility index (Phi) is 4.77. The smallest absolute Gasteiger partial charge is 0.464 e. The van der Waals surface area contributed by atoms with Gasteiger partial charge in [-0.3, -0.25) is 9.89 Å². The number of carbonyl (C=O) groups excluding carboxylic acids is 2. The number of esters is 1. The molecule has 0 atom stereocenters. The van der Waals surface area contributed by atoms with Crippen molar-refractivity contribution in [2.24, 2.45) is 0 Å². The number of methoxy groups -OCH3 is 1. The van der Waals surface area contributed by atoms with Crippen molar-refractivity contribution in [3.8, 4) is 0 Å². The van der Waals surface area contributed by atoms with Crippen molar-refractivity contribution in [3.63, 3.8) is 0 Å². The van der Waals surface area contributed by atoms with E-state index < -0.39 is 23.7 Å². The molecular formula is C14H13F3N4O3. The number of likely N-dealkylation sites (N-methyl/N-ethyl adjacent to an activating group) is 1. The van der Waals surface area contributed by atoms with Crippen LogP contribution in [-0.4, -0.2) is 47.3 Å². The maximum absolute atomic E-state index is 12.5. The maximum atomic E-state index is 12.5. The van der Waals surface area contributed by atoms with E-state index in [1.807, 2.05) is 0 Å². The molecule has 0 fully saturated rings. The number of para-hydroxylation sites is 1. The summed E-state index contributed by atoms with van der Waals surface area (Å²) in [6.07, 6.45) is -4.20. The molecule has 1 amide bonds. The number of aromatic amines is 1. The molecule has 1 heterocycles. The Morgan fingerprint density at radius 2 is 2.00 bits per heavy atom. The van der Waals surface area contributed by atoms with Gasteiger partial charge in [-0.05, 0) is 12.1 Å². The highest BCUT2D eigenvalue weighted by Gasteiger charge is 2.43. The third-order valence-corrected chi connectivity index (χ3v) is 3.12. The Hall–Kier alpha value is -3.04. The molecule has 24 heavy (non-hydrogen) atoms. The number of hydrogen-bond acceptors (Lipinski definition) is 5. The van der Waals surface area contributed by atoms with Crippen molar-refractivity contribution in [1.82, 2.24) is 15.1 Å². The molecule has 0 bridgehead atoms. The standard InChI is InChI=1S/C14H13F3N4O3/c1-21(13(23)14(15,16)17)10(12(22)24-2)7-18-11-8-5-3-4-6-9(8)19-20-11/h3-7H,1-2H3,(H2,18,19,20)/b10-7-. The summed E-state index contributed by atoms with van der Waals surface area (Å²) in [5, 5.41) is 9.92. The number of halogens is 3. The average molecular weight is 342 g/mol. The van der Waals surface area contributed by atoms with Crippen LogP contribution >= 0.6 is 0 Å². The van der Waals surface area contributed by atoms with Gasteiger partial charge in [0.1, 0.15) is 5.70 Å². The summed E-state index contributed by atoms with van der Waals surface area (Å²) in [6.45, 7) is 0. The molecule has 128 valence electrons. The van der Waals surface area contributed by atoms with Crippen molar-refractivity contribution in [1.29, 1.82) is 0 Å². The monoisotopic (exact) mass is 342 g/mol. The van der Waals surface area contributed by atoms with Gasteiger partial charge >= 0.3 is 18.1 Å². The third-order valence-electron chi connectivity index (χ3n) is 3.12. The van der Waals surface area contributed by atoms with Crippen molar-refractivity contribution in [2.75, 3.05) is 19.5 Å².